The molecule has 0 spiro atoms. The van der Waals surface area contributed by atoms with Crippen LogP contribution in [-0.2, 0) is 6.42 Å². The lowest BCUT2D eigenvalue weighted by molar-refractivity contribution is 0.214. The zero-order valence-corrected chi connectivity index (χ0v) is 29.5. The van der Waals surface area contributed by atoms with Gasteiger partial charge in [0.2, 0.25) is 0 Å². The number of hydrogen-bond acceptors (Lipinski definition) is 8. The Hall–Kier alpha value is -3.23. The average Bonchev–Trinajstić information content (AvgIpc) is 3.11. The Morgan fingerprint density at radius 1 is 0.750 bits per heavy atom. The molecule has 0 atom stereocenters. The van der Waals surface area contributed by atoms with Crippen molar-refractivity contribution in [2.45, 2.75) is 103 Å². The van der Waals surface area contributed by atoms with Gasteiger partial charge < -0.3 is 33.5 Å². The van der Waals surface area contributed by atoms with E-state index in [1.807, 2.05) is 18.2 Å². The first-order valence-corrected chi connectivity index (χ1v) is 18.8. The molecule has 2 saturated heterocycles. The molecule has 1 aromatic heterocycles. The number of hydrogen-bond donors (Lipinski definition) is 1. The minimum Gasteiger partial charge on any atom is -0.507 e. The first-order chi connectivity index (χ1) is 23.6. The monoisotopic (exact) mass is 662 g/mol. The van der Waals surface area contributed by atoms with Crippen molar-refractivity contribution >= 4 is 11.0 Å². The van der Waals surface area contributed by atoms with Gasteiger partial charge in [0.1, 0.15) is 39.7 Å². The molecular weight excluding hydrogens is 604 g/mol. The molecule has 5 rings (SSSR count). The van der Waals surface area contributed by atoms with Crippen LogP contribution in [0.25, 0.3) is 22.3 Å². The lowest BCUT2D eigenvalue weighted by atomic mass is 9.98. The predicted octanol–water partition coefficient (Wildman–Crippen LogP) is 8.59. The summed E-state index contributed by atoms with van der Waals surface area (Å²) in [5.41, 5.74) is 1.39. The summed E-state index contributed by atoms with van der Waals surface area (Å²) in [6, 6.07) is 9.02. The van der Waals surface area contributed by atoms with Crippen LogP contribution < -0.4 is 19.6 Å². The van der Waals surface area contributed by atoms with E-state index in [-0.39, 0.29) is 16.6 Å². The van der Waals surface area contributed by atoms with E-state index < -0.39 is 0 Å². The fourth-order valence-corrected chi connectivity index (χ4v) is 7.11. The summed E-state index contributed by atoms with van der Waals surface area (Å²) in [5.74, 6) is 2.20. The van der Waals surface area contributed by atoms with E-state index in [1.165, 1.54) is 77.9 Å². The Bertz CT molecular complexity index is 1470. The standard InChI is InChI=1S/C40H58N2O6/c1-3-4-5-8-17-34-39(44)38-35(43)28-32(45-2)30-37(38)48-40(34)33-19-18-31(46-26-15-13-24-41-20-9-6-10-21-41)29-36(33)47-27-16-14-25-42-22-11-7-12-23-42/h18-19,28-30,43H,3-17,20-27H2,1-2H3. The lowest BCUT2D eigenvalue weighted by Gasteiger charge is -2.26. The van der Waals surface area contributed by atoms with Crippen LogP contribution in [0.15, 0.2) is 39.5 Å². The Kier molecular flexibility index (Phi) is 14.3. The van der Waals surface area contributed by atoms with Crippen LogP contribution in [0.4, 0.5) is 0 Å². The van der Waals surface area contributed by atoms with Gasteiger partial charge >= 0.3 is 0 Å². The van der Waals surface area contributed by atoms with Crippen LogP contribution in [0.2, 0.25) is 0 Å². The molecule has 3 heterocycles. The number of rotatable bonds is 19. The Balaban J connectivity index is 1.37. The molecule has 2 fully saturated rings. The normalized spacial score (nSPS) is 16.0. The number of likely N-dealkylation sites (tertiary alicyclic amines) is 2. The van der Waals surface area contributed by atoms with Crippen molar-refractivity contribution < 1.29 is 23.7 Å². The van der Waals surface area contributed by atoms with E-state index in [4.69, 9.17) is 18.6 Å². The molecule has 0 amide bonds. The van der Waals surface area contributed by atoms with Gasteiger partial charge in [-0.1, -0.05) is 39.0 Å². The van der Waals surface area contributed by atoms with Crippen LogP contribution in [0.3, 0.4) is 0 Å². The summed E-state index contributed by atoms with van der Waals surface area (Å²) < 4.78 is 24.7. The number of piperidine rings is 2. The first kappa shape index (κ1) is 36.1. The highest BCUT2D eigenvalue weighted by Gasteiger charge is 2.22. The maximum absolute atomic E-state index is 14.0. The summed E-state index contributed by atoms with van der Waals surface area (Å²) in [6.07, 6.45) is 16.7. The highest BCUT2D eigenvalue weighted by atomic mass is 16.5. The number of methoxy groups -OCH3 is 1. The number of aromatic hydroxyl groups is 1. The number of phenolic OH excluding ortho intramolecular Hbond substituents is 1. The van der Waals surface area contributed by atoms with E-state index in [0.717, 1.165) is 75.8 Å². The van der Waals surface area contributed by atoms with Gasteiger partial charge in [-0.3, -0.25) is 4.79 Å². The Morgan fingerprint density at radius 3 is 2.06 bits per heavy atom. The summed E-state index contributed by atoms with van der Waals surface area (Å²) in [6.45, 7) is 10.5. The zero-order chi connectivity index (χ0) is 33.6. The Morgan fingerprint density at radius 2 is 1.42 bits per heavy atom. The Labute approximate surface area is 287 Å². The third-order valence-electron chi connectivity index (χ3n) is 9.92. The number of nitrogens with zero attached hydrogens (tertiary/aromatic N) is 2. The van der Waals surface area contributed by atoms with Crippen LogP contribution in [0.1, 0.15) is 102 Å². The van der Waals surface area contributed by atoms with Gasteiger partial charge in [-0.2, -0.15) is 0 Å². The molecule has 3 aromatic rings. The number of phenols is 1. The van der Waals surface area contributed by atoms with Crippen molar-refractivity contribution in [2.24, 2.45) is 0 Å². The third kappa shape index (κ3) is 10.1. The molecule has 2 aliphatic rings. The molecule has 8 nitrogen and oxygen atoms in total. The van der Waals surface area contributed by atoms with Crippen LogP contribution >= 0.6 is 0 Å². The van der Waals surface area contributed by atoms with Crippen LogP contribution in [0.5, 0.6) is 23.0 Å². The molecule has 0 radical (unpaired) electrons. The number of benzene rings is 2. The van der Waals surface area contributed by atoms with Crippen LogP contribution in [-0.4, -0.2) is 74.5 Å². The second kappa shape index (κ2) is 19.1. The molecule has 2 aromatic carbocycles. The smallest absolute Gasteiger partial charge is 0.200 e. The van der Waals surface area contributed by atoms with Crippen molar-refractivity contribution in [1.29, 1.82) is 0 Å². The van der Waals surface area contributed by atoms with Crippen molar-refractivity contribution in [3.63, 3.8) is 0 Å². The summed E-state index contributed by atoms with van der Waals surface area (Å²) in [4.78, 5) is 19.2. The SMILES string of the molecule is CCCCCCc1c(-c2ccc(OCCCCN3CCCCC3)cc2OCCCCN2CCCCC2)oc2cc(OC)cc(O)c2c1=O. The van der Waals surface area contributed by atoms with Crippen molar-refractivity contribution in [3.8, 4) is 34.3 Å². The van der Waals surface area contributed by atoms with Gasteiger partial charge in [0.05, 0.1) is 25.9 Å². The van der Waals surface area contributed by atoms with Gasteiger partial charge in [-0.15, -0.1) is 0 Å². The molecule has 0 aliphatic carbocycles. The van der Waals surface area contributed by atoms with Crippen molar-refractivity contribution in [2.75, 3.05) is 59.6 Å². The second-order valence-corrected chi connectivity index (χ2v) is 13.6. The predicted molar refractivity (Wildman–Crippen MR) is 194 cm³/mol. The van der Waals surface area contributed by atoms with E-state index in [0.29, 0.717) is 48.0 Å². The van der Waals surface area contributed by atoms with E-state index >= 15 is 0 Å². The third-order valence-corrected chi connectivity index (χ3v) is 9.92. The van der Waals surface area contributed by atoms with E-state index in [2.05, 4.69) is 16.7 Å². The number of fused-ring (bicyclic) bond motifs is 1. The van der Waals surface area contributed by atoms with Crippen molar-refractivity contribution in [3.05, 3.63) is 46.1 Å². The summed E-state index contributed by atoms with van der Waals surface area (Å²) in [5, 5.41) is 11.0. The topological polar surface area (TPSA) is 84.6 Å². The molecule has 1 N–H and O–H groups in total. The quantitative estimate of drug-likeness (QED) is 0.128. The molecule has 0 unspecified atom stereocenters. The minimum absolute atomic E-state index is 0.131. The second-order valence-electron chi connectivity index (χ2n) is 13.6. The van der Waals surface area contributed by atoms with Crippen molar-refractivity contribution in [1.82, 2.24) is 9.80 Å². The fourth-order valence-electron chi connectivity index (χ4n) is 7.11. The van der Waals surface area contributed by atoms with Gasteiger partial charge in [0.25, 0.3) is 0 Å². The van der Waals surface area contributed by atoms with E-state index in [1.54, 1.807) is 6.07 Å². The van der Waals surface area contributed by atoms with Gasteiger partial charge in [0.15, 0.2) is 5.43 Å². The first-order valence-electron chi connectivity index (χ1n) is 18.8. The average molecular weight is 663 g/mol. The summed E-state index contributed by atoms with van der Waals surface area (Å²) >= 11 is 0. The highest BCUT2D eigenvalue weighted by molar-refractivity contribution is 5.88. The molecule has 0 bridgehead atoms. The van der Waals surface area contributed by atoms with Gasteiger partial charge in [0, 0.05) is 23.8 Å². The van der Waals surface area contributed by atoms with Crippen LogP contribution in [0, 0.1) is 0 Å². The zero-order valence-electron chi connectivity index (χ0n) is 29.5. The molecular formula is C40H58N2O6. The maximum Gasteiger partial charge on any atom is 0.200 e. The lowest BCUT2D eigenvalue weighted by Crippen LogP contribution is -2.30. The molecule has 264 valence electrons. The largest absolute Gasteiger partial charge is 0.507 e. The number of unbranched alkanes of at least 4 members (excludes halogenated alkanes) is 5. The molecule has 2 aliphatic heterocycles. The fraction of sp³-hybridized carbons (Fsp3) is 0.625. The molecule has 48 heavy (non-hydrogen) atoms. The highest BCUT2D eigenvalue weighted by Crippen LogP contribution is 2.39. The minimum atomic E-state index is -0.204. The van der Waals surface area contributed by atoms with E-state index in [9.17, 15) is 9.90 Å². The van der Waals surface area contributed by atoms with Gasteiger partial charge in [-0.05, 0) is 116 Å². The number of ether oxygens (including phenoxy) is 3. The molecule has 8 heteroatoms. The molecule has 0 saturated carbocycles. The van der Waals surface area contributed by atoms with Gasteiger partial charge in [-0.25, -0.2) is 0 Å². The maximum atomic E-state index is 14.0. The summed E-state index contributed by atoms with van der Waals surface area (Å²) in [7, 11) is 1.53.